The number of nitrogens with two attached hydrogens (primary N) is 1. The van der Waals surface area contributed by atoms with Crippen LogP contribution in [0.1, 0.15) is 12.0 Å². The molecular formula is C9H9ClFNS. The van der Waals surface area contributed by atoms with Crippen molar-refractivity contribution < 1.29 is 4.39 Å². The van der Waals surface area contributed by atoms with Crippen molar-refractivity contribution >= 4 is 28.8 Å². The highest BCUT2D eigenvalue weighted by Gasteiger charge is 2.06. The fraction of sp³-hybridized carbons (Fsp3) is 0.222. The second kappa shape index (κ2) is 4.53. The third-order valence-electron chi connectivity index (χ3n) is 1.68. The van der Waals surface area contributed by atoms with Crippen LogP contribution in [0.25, 0.3) is 0 Å². The van der Waals surface area contributed by atoms with Gasteiger partial charge in [-0.15, -0.1) is 0 Å². The molecule has 0 aromatic heterocycles. The second-order valence-corrected chi connectivity index (χ2v) is 3.60. The number of hydrogen-bond donors (Lipinski definition) is 1. The first-order valence-corrected chi connectivity index (χ1v) is 4.61. The molecule has 0 aliphatic rings. The summed E-state index contributed by atoms with van der Waals surface area (Å²) in [7, 11) is 0. The van der Waals surface area contributed by atoms with Crippen molar-refractivity contribution in [3.63, 3.8) is 0 Å². The Labute approximate surface area is 86.7 Å². The van der Waals surface area contributed by atoms with E-state index >= 15 is 0 Å². The quantitative estimate of drug-likeness (QED) is 0.788. The Morgan fingerprint density at radius 1 is 1.54 bits per heavy atom. The lowest BCUT2D eigenvalue weighted by Gasteiger charge is -2.04. The summed E-state index contributed by atoms with van der Waals surface area (Å²) >= 11 is 10.5. The Hall–Kier alpha value is -0.670. The maximum absolute atomic E-state index is 13.1. The highest BCUT2D eigenvalue weighted by Crippen LogP contribution is 2.20. The Balaban J connectivity index is 2.81. The predicted molar refractivity (Wildman–Crippen MR) is 56.5 cm³/mol. The van der Waals surface area contributed by atoms with Crippen LogP contribution in [0.4, 0.5) is 4.39 Å². The van der Waals surface area contributed by atoms with Gasteiger partial charge in [-0.2, -0.15) is 0 Å². The molecule has 0 spiro atoms. The Kier molecular flexibility index (Phi) is 3.63. The van der Waals surface area contributed by atoms with Gasteiger partial charge >= 0.3 is 0 Å². The van der Waals surface area contributed by atoms with E-state index in [0.29, 0.717) is 28.4 Å². The van der Waals surface area contributed by atoms with Gasteiger partial charge in [0, 0.05) is 17.0 Å². The van der Waals surface area contributed by atoms with Crippen molar-refractivity contribution in [2.24, 2.45) is 5.73 Å². The molecule has 0 atom stereocenters. The van der Waals surface area contributed by atoms with Gasteiger partial charge in [-0.1, -0.05) is 29.9 Å². The zero-order valence-electron chi connectivity index (χ0n) is 6.89. The topological polar surface area (TPSA) is 26.0 Å². The molecule has 2 N–H and O–H groups in total. The van der Waals surface area contributed by atoms with Crippen molar-refractivity contribution in [2.75, 3.05) is 0 Å². The average Bonchev–Trinajstić information content (AvgIpc) is 2.03. The Bertz CT molecular complexity index is 307. The van der Waals surface area contributed by atoms with Crippen molar-refractivity contribution in [1.29, 1.82) is 0 Å². The first-order valence-electron chi connectivity index (χ1n) is 3.82. The van der Waals surface area contributed by atoms with Gasteiger partial charge in [0.1, 0.15) is 5.82 Å². The van der Waals surface area contributed by atoms with Crippen LogP contribution >= 0.6 is 23.8 Å². The van der Waals surface area contributed by atoms with E-state index < -0.39 is 0 Å². The van der Waals surface area contributed by atoms with Crippen LogP contribution in [-0.2, 0) is 6.42 Å². The summed E-state index contributed by atoms with van der Waals surface area (Å²) in [4.78, 5) is 0.374. The summed E-state index contributed by atoms with van der Waals surface area (Å²) in [6.07, 6.45) is 0.941. The van der Waals surface area contributed by atoms with Crippen molar-refractivity contribution in [1.82, 2.24) is 0 Å². The lowest BCUT2D eigenvalue weighted by Crippen LogP contribution is -2.09. The first-order chi connectivity index (χ1) is 6.11. The monoisotopic (exact) mass is 217 g/mol. The molecule has 0 saturated carbocycles. The van der Waals surface area contributed by atoms with Gasteiger partial charge in [-0.25, -0.2) is 4.39 Å². The third kappa shape index (κ3) is 2.94. The van der Waals surface area contributed by atoms with Crippen LogP contribution in [0.15, 0.2) is 18.2 Å². The summed E-state index contributed by atoms with van der Waals surface area (Å²) in [5.74, 6) is -0.302. The molecule has 4 heteroatoms. The molecule has 0 amide bonds. The van der Waals surface area contributed by atoms with E-state index in [1.54, 1.807) is 12.1 Å². The highest BCUT2D eigenvalue weighted by molar-refractivity contribution is 7.80. The minimum absolute atomic E-state index is 0.302. The van der Waals surface area contributed by atoms with E-state index in [4.69, 9.17) is 29.6 Å². The van der Waals surface area contributed by atoms with Crippen LogP contribution in [-0.4, -0.2) is 4.99 Å². The normalized spacial score (nSPS) is 10.0. The molecule has 0 unspecified atom stereocenters. The van der Waals surface area contributed by atoms with Crippen molar-refractivity contribution in [2.45, 2.75) is 12.8 Å². The molecule has 1 aromatic rings. The molecule has 70 valence electrons. The Morgan fingerprint density at radius 2 is 2.23 bits per heavy atom. The average molecular weight is 218 g/mol. The largest absolute Gasteiger partial charge is 0.393 e. The summed E-state index contributed by atoms with van der Waals surface area (Å²) in [6, 6.07) is 4.60. The Morgan fingerprint density at radius 3 is 2.77 bits per heavy atom. The molecule has 0 bridgehead atoms. The minimum Gasteiger partial charge on any atom is -0.393 e. The number of benzene rings is 1. The first kappa shape index (κ1) is 10.4. The maximum atomic E-state index is 13.1. The fourth-order valence-corrected chi connectivity index (χ4v) is 1.38. The molecule has 1 nitrogen and oxygen atoms in total. The fourth-order valence-electron chi connectivity index (χ4n) is 1.02. The lowest BCUT2D eigenvalue weighted by atomic mass is 10.1. The maximum Gasteiger partial charge on any atom is 0.127 e. The van der Waals surface area contributed by atoms with Crippen molar-refractivity contribution in [3.8, 4) is 0 Å². The summed E-state index contributed by atoms with van der Waals surface area (Å²) in [5, 5.41) is 0.427. The third-order valence-corrected chi connectivity index (χ3v) is 2.24. The molecule has 0 radical (unpaired) electrons. The van der Waals surface area contributed by atoms with Gasteiger partial charge in [0.2, 0.25) is 0 Å². The highest BCUT2D eigenvalue weighted by atomic mass is 35.5. The van der Waals surface area contributed by atoms with Gasteiger partial charge in [-0.3, -0.25) is 0 Å². The van der Waals surface area contributed by atoms with Crippen LogP contribution in [0.3, 0.4) is 0 Å². The lowest BCUT2D eigenvalue weighted by molar-refractivity contribution is 0.610. The van der Waals surface area contributed by atoms with Crippen LogP contribution in [0.5, 0.6) is 0 Å². The number of hydrogen-bond acceptors (Lipinski definition) is 1. The predicted octanol–water partition coefficient (Wildman–Crippen LogP) is 2.70. The molecule has 1 rings (SSSR count). The smallest absolute Gasteiger partial charge is 0.127 e. The molecular weight excluding hydrogens is 209 g/mol. The number of rotatable bonds is 3. The van der Waals surface area contributed by atoms with Gasteiger partial charge in [0.15, 0.2) is 0 Å². The standard InChI is InChI=1S/C9H9ClFNS/c10-7-2-1-3-8(11)6(7)4-5-9(12)13/h1-3H,4-5H2,(H2,12,13). The molecule has 13 heavy (non-hydrogen) atoms. The van der Waals surface area contributed by atoms with Gasteiger partial charge in [0.05, 0.1) is 4.99 Å². The summed E-state index contributed by atoms with van der Waals surface area (Å²) in [5.41, 5.74) is 5.79. The van der Waals surface area contributed by atoms with Crippen LogP contribution < -0.4 is 5.73 Å². The zero-order chi connectivity index (χ0) is 9.84. The summed E-state index contributed by atoms with van der Waals surface area (Å²) < 4.78 is 13.1. The van der Waals surface area contributed by atoms with E-state index in [9.17, 15) is 4.39 Å². The molecule has 0 saturated heterocycles. The van der Waals surface area contributed by atoms with E-state index in [1.807, 2.05) is 0 Å². The van der Waals surface area contributed by atoms with Gasteiger partial charge in [-0.05, 0) is 18.6 Å². The van der Waals surface area contributed by atoms with E-state index in [2.05, 4.69) is 0 Å². The molecule has 1 aromatic carbocycles. The van der Waals surface area contributed by atoms with Crippen molar-refractivity contribution in [3.05, 3.63) is 34.6 Å². The zero-order valence-corrected chi connectivity index (χ0v) is 8.46. The molecule has 0 fully saturated rings. The summed E-state index contributed by atoms with van der Waals surface area (Å²) in [6.45, 7) is 0. The van der Waals surface area contributed by atoms with Gasteiger partial charge < -0.3 is 5.73 Å². The second-order valence-electron chi connectivity index (χ2n) is 2.67. The van der Waals surface area contributed by atoms with Crippen LogP contribution in [0, 0.1) is 5.82 Å². The number of thiocarbonyl (C=S) groups is 1. The van der Waals surface area contributed by atoms with Crippen LogP contribution in [0.2, 0.25) is 5.02 Å². The molecule has 0 aliphatic heterocycles. The SMILES string of the molecule is NC(=S)CCc1c(F)cccc1Cl. The van der Waals surface area contributed by atoms with Gasteiger partial charge in [0.25, 0.3) is 0 Å². The van der Waals surface area contributed by atoms with E-state index in [-0.39, 0.29) is 5.82 Å². The molecule has 0 aliphatic carbocycles. The van der Waals surface area contributed by atoms with E-state index in [0.717, 1.165) is 0 Å². The van der Waals surface area contributed by atoms with E-state index in [1.165, 1.54) is 6.07 Å². The minimum atomic E-state index is -0.302. The number of halogens is 2. The molecule has 0 heterocycles.